The SMILES string of the molecule is COC1CC(NCC(=O)NCc2ccc(NC(=O)c3nn(CC(=O)O)c4ccccc34)c(Cl)c2F)C1. The number of halogens is 2. The van der Waals surface area contributed by atoms with E-state index >= 15 is 0 Å². The van der Waals surface area contributed by atoms with E-state index in [4.69, 9.17) is 21.4 Å². The number of aliphatic carboxylic acids is 1. The van der Waals surface area contributed by atoms with Gasteiger partial charge in [0.05, 0.1) is 23.9 Å². The van der Waals surface area contributed by atoms with E-state index in [0.29, 0.717) is 10.9 Å². The second-order valence-electron chi connectivity index (χ2n) is 8.46. The van der Waals surface area contributed by atoms with E-state index in [1.807, 2.05) is 0 Å². The molecule has 1 aromatic heterocycles. The normalized spacial score (nSPS) is 17.0. The molecule has 3 aromatic rings. The largest absolute Gasteiger partial charge is 0.480 e. The zero-order valence-corrected chi connectivity index (χ0v) is 20.1. The van der Waals surface area contributed by atoms with E-state index in [1.165, 1.54) is 16.8 Å². The molecule has 36 heavy (non-hydrogen) atoms. The summed E-state index contributed by atoms with van der Waals surface area (Å²) in [5, 5.41) is 21.6. The topological polar surface area (TPSA) is 135 Å². The molecule has 0 saturated heterocycles. The summed E-state index contributed by atoms with van der Waals surface area (Å²) >= 11 is 6.16. The van der Waals surface area contributed by atoms with Gasteiger partial charge >= 0.3 is 5.97 Å². The molecule has 190 valence electrons. The fourth-order valence-electron chi connectivity index (χ4n) is 3.97. The Morgan fingerprint density at radius 2 is 1.97 bits per heavy atom. The molecule has 1 fully saturated rings. The summed E-state index contributed by atoms with van der Waals surface area (Å²) in [4.78, 5) is 36.1. The van der Waals surface area contributed by atoms with Gasteiger partial charge in [-0.3, -0.25) is 19.1 Å². The van der Waals surface area contributed by atoms with Gasteiger partial charge in [0, 0.05) is 30.6 Å². The number of hydrogen-bond acceptors (Lipinski definition) is 6. The van der Waals surface area contributed by atoms with Gasteiger partial charge in [-0.15, -0.1) is 0 Å². The lowest BCUT2D eigenvalue weighted by molar-refractivity contribution is -0.137. The summed E-state index contributed by atoms with van der Waals surface area (Å²) in [6.07, 6.45) is 1.91. The molecule has 12 heteroatoms. The van der Waals surface area contributed by atoms with Crippen LogP contribution in [0.5, 0.6) is 0 Å². The average molecular weight is 518 g/mol. The summed E-state index contributed by atoms with van der Waals surface area (Å²) in [6, 6.07) is 9.75. The lowest BCUT2D eigenvalue weighted by atomic mass is 9.89. The van der Waals surface area contributed by atoms with Crippen LogP contribution in [0.1, 0.15) is 28.9 Å². The Labute approximate surface area is 210 Å². The molecule has 0 aliphatic heterocycles. The number of carboxylic acids is 1. The van der Waals surface area contributed by atoms with Crippen molar-refractivity contribution in [2.75, 3.05) is 19.0 Å². The number of methoxy groups -OCH3 is 1. The van der Waals surface area contributed by atoms with Gasteiger partial charge < -0.3 is 25.8 Å². The van der Waals surface area contributed by atoms with Gasteiger partial charge in [0.15, 0.2) is 5.69 Å². The minimum absolute atomic E-state index is 0.0181. The predicted molar refractivity (Wildman–Crippen MR) is 130 cm³/mol. The number of nitrogens with one attached hydrogen (secondary N) is 3. The maximum Gasteiger partial charge on any atom is 0.325 e. The Balaban J connectivity index is 1.39. The molecule has 1 saturated carbocycles. The van der Waals surface area contributed by atoms with Crippen LogP contribution in [0.4, 0.5) is 10.1 Å². The van der Waals surface area contributed by atoms with Gasteiger partial charge in [-0.2, -0.15) is 5.10 Å². The van der Waals surface area contributed by atoms with Crippen molar-refractivity contribution in [3.05, 3.63) is 58.5 Å². The summed E-state index contributed by atoms with van der Waals surface area (Å²) in [5.41, 5.74) is 0.630. The number of ether oxygens (including phenoxy) is 1. The van der Waals surface area contributed by atoms with Gasteiger partial charge in [-0.1, -0.05) is 35.9 Å². The van der Waals surface area contributed by atoms with E-state index in [1.54, 1.807) is 31.4 Å². The van der Waals surface area contributed by atoms with Crippen molar-refractivity contribution in [1.29, 1.82) is 0 Å². The van der Waals surface area contributed by atoms with E-state index in [-0.39, 0.29) is 53.1 Å². The molecule has 4 N–H and O–H groups in total. The first-order chi connectivity index (χ1) is 17.3. The lowest BCUT2D eigenvalue weighted by Gasteiger charge is -2.34. The van der Waals surface area contributed by atoms with Gasteiger partial charge in [0.2, 0.25) is 5.91 Å². The molecule has 2 amide bonds. The number of hydrogen-bond donors (Lipinski definition) is 4. The van der Waals surface area contributed by atoms with Crippen molar-refractivity contribution in [2.45, 2.75) is 38.1 Å². The van der Waals surface area contributed by atoms with Crippen LogP contribution in [0.15, 0.2) is 36.4 Å². The van der Waals surface area contributed by atoms with E-state index in [2.05, 4.69) is 21.0 Å². The number of anilines is 1. The van der Waals surface area contributed by atoms with Crippen LogP contribution in [0, 0.1) is 5.82 Å². The fraction of sp³-hybridized carbons (Fsp3) is 0.333. The Bertz CT molecular complexity index is 1310. The van der Waals surface area contributed by atoms with Gasteiger partial charge in [0.1, 0.15) is 17.4 Å². The summed E-state index contributed by atoms with van der Waals surface area (Å²) in [7, 11) is 1.65. The van der Waals surface area contributed by atoms with Crippen LogP contribution in [0.3, 0.4) is 0 Å². The Hall–Kier alpha value is -3.54. The van der Waals surface area contributed by atoms with Crippen molar-refractivity contribution >= 4 is 46.0 Å². The minimum atomic E-state index is -1.11. The van der Waals surface area contributed by atoms with E-state index in [9.17, 15) is 18.8 Å². The first-order valence-electron chi connectivity index (χ1n) is 11.2. The smallest absolute Gasteiger partial charge is 0.325 e. The number of aromatic nitrogens is 2. The predicted octanol–water partition coefficient (Wildman–Crippen LogP) is 2.55. The third-order valence-electron chi connectivity index (χ3n) is 6.02. The molecule has 0 spiro atoms. The van der Waals surface area contributed by atoms with Gasteiger partial charge in [-0.25, -0.2) is 4.39 Å². The highest BCUT2D eigenvalue weighted by molar-refractivity contribution is 6.34. The molecule has 2 aromatic carbocycles. The lowest BCUT2D eigenvalue weighted by Crippen LogP contribution is -2.48. The third-order valence-corrected chi connectivity index (χ3v) is 6.39. The number of carboxylic acid groups (broad SMARTS) is 1. The van der Waals surface area contributed by atoms with Gasteiger partial charge in [0.25, 0.3) is 5.91 Å². The van der Waals surface area contributed by atoms with Crippen LogP contribution in [-0.2, 0) is 27.4 Å². The van der Waals surface area contributed by atoms with Crippen LogP contribution in [-0.4, -0.2) is 58.5 Å². The molecule has 0 atom stereocenters. The van der Waals surface area contributed by atoms with Crippen LogP contribution in [0.2, 0.25) is 5.02 Å². The standard InChI is InChI=1S/C24H25ClFN5O5/c1-36-15-8-14(9-15)27-11-19(32)28-10-13-6-7-17(21(25)22(13)26)29-24(35)23-16-4-2-3-5-18(16)31(30-23)12-20(33)34/h2-7,14-15,27H,8-12H2,1H3,(H,28,32)(H,29,35)(H,33,34). The quantitative estimate of drug-likeness (QED) is 0.324. The molecule has 0 bridgehead atoms. The maximum absolute atomic E-state index is 14.9. The Morgan fingerprint density at radius 3 is 2.69 bits per heavy atom. The van der Waals surface area contributed by atoms with Crippen molar-refractivity contribution in [3.63, 3.8) is 0 Å². The van der Waals surface area contributed by atoms with Crippen molar-refractivity contribution in [2.24, 2.45) is 0 Å². The number of carbonyl (C=O) groups excluding carboxylic acids is 2. The number of nitrogens with zero attached hydrogens (tertiary/aromatic N) is 2. The Kier molecular flexibility index (Phi) is 7.82. The molecule has 1 aliphatic rings. The molecule has 0 unspecified atom stereocenters. The first-order valence-corrected chi connectivity index (χ1v) is 11.6. The molecule has 1 aliphatic carbocycles. The first kappa shape index (κ1) is 25.5. The van der Waals surface area contributed by atoms with Crippen LogP contribution in [0.25, 0.3) is 10.9 Å². The fourth-order valence-corrected chi connectivity index (χ4v) is 4.20. The van der Waals surface area contributed by atoms with Crippen LogP contribution >= 0.6 is 11.6 Å². The molecule has 1 heterocycles. The summed E-state index contributed by atoms with van der Waals surface area (Å²) in [6.45, 7) is -0.392. The van der Waals surface area contributed by atoms with E-state index in [0.717, 1.165) is 12.8 Å². The number of rotatable bonds is 10. The summed E-state index contributed by atoms with van der Waals surface area (Å²) < 4.78 is 21.3. The molecular formula is C24H25ClFN5O5. The average Bonchev–Trinajstić information content (AvgIpc) is 3.18. The second-order valence-corrected chi connectivity index (χ2v) is 8.83. The maximum atomic E-state index is 14.9. The number of carbonyl (C=O) groups is 3. The monoisotopic (exact) mass is 517 g/mol. The number of benzene rings is 2. The highest BCUT2D eigenvalue weighted by Crippen LogP contribution is 2.29. The van der Waals surface area contributed by atoms with E-state index < -0.39 is 24.2 Å². The second kappa shape index (κ2) is 11.0. The summed E-state index contributed by atoms with van der Waals surface area (Å²) in [5.74, 6) is -2.84. The van der Waals surface area contributed by atoms with Crippen molar-refractivity contribution in [3.8, 4) is 0 Å². The van der Waals surface area contributed by atoms with Crippen molar-refractivity contribution < 1.29 is 28.6 Å². The highest BCUT2D eigenvalue weighted by atomic mass is 35.5. The minimum Gasteiger partial charge on any atom is -0.480 e. The van der Waals surface area contributed by atoms with Crippen molar-refractivity contribution in [1.82, 2.24) is 20.4 Å². The molecule has 4 rings (SSSR count). The zero-order chi connectivity index (χ0) is 25.8. The highest BCUT2D eigenvalue weighted by Gasteiger charge is 2.28. The number of para-hydroxylation sites is 1. The molecule has 0 radical (unpaired) electrons. The zero-order valence-electron chi connectivity index (χ0n) is 19.4. The molecular weight excluding hydrogens is 493 g/mol. The number of amides is 2. The molecule has 10 nitrogen and oxygen atoms in total. The Morgan fingerprint density at radius 1 is 1.22 bits per heavy atom. The number of fused-ring (bicyclic) bond motifs is 1. The van der Waals surface area contributed by atoms with Gasteiger partial charge in [-0.05, 0) is 25.0 Å². The van der Waals surface area contributed by atoms with Crippen LogP contribution < -0.4 is 16.0 Å². The third kappa shape index (κ3) is 5.64.